The van der Waals surface area contributed by atoms with Gasteiger partial charge in [-0.2, -0.15) is 0 Å². The third-order valence-corrected chi connectivity index (χ3v) is 1.42. The summed E-state index contributed by atoms with van der Waals surface area (Å²) in [6.07, 6.45) is -0.802. The van der Waals surface area contributed by atoms with Gasteiger partial charge >= 0.3 is 6.09 Å². The van der Waals surface area contributed by atoms with Crippen molar-refractivity contribution < 1.29 is 24.5 Å². The first-order valence-electron chi connectivity index (χ1n) is 4.54. The summed E-state index contributed by atoms with van der Waals surface area (Å²) in [5.74, 6) is -0.664. The maximum atomic E-state index is 11.2. The molecule has 0 fully saturated rings. The molecule has 15 heavy (non-hydrogen) atoms. The van der Waals surface area contributed by atoms with E-state index in [2.05, 4.69) is 5.32 Å². The van der Waals surface area contributed by atoms with Crippen LogP contribution in [-0.2, 0) is 9.53 Å². The van der Waals surface area contributed by atoms with Crippen LogP contribution in [0.4, 0.5) is 4.79 Å². The lowest BCUT2D eigenvalue weighted by Gasteiger charge is -2.21. The number of carbonyl (C=O) groups excluding carboxylic acids is 2. The fourth-order valence-corrected chi connectivity index (χ4v) is 0.788. The number of hydrogen-bond donors (Lipinski definition) is 3. The van der Waals surface area contributed by atoms with E-state index in [0.717, 1.165) is 0 Å². The van der Waals surface area contributed by atoms with E-state index in [1.54, 1.807) is 20.8 Å². The number of amides is 1. The summed E-state index contributed by atoms with van der Waals surface area (Å²) in [6, 6.07) is -1.12. The van der Waals surface area contributed by atoms with Crippen LogP contribution in [0.1, 0.15) is 20.8 Å². The molecule has 0 saturated heterocycles. The molecule has 0 aliphatic rings. The van der Waals surface area contributed by atoms with E-state index in [1.165, 1.54) is 0 Å². The van der Waals surface area contributed by atoms with Crippen LogP contribution in [0.2, 0.25) is 0 Å². The fraction of sp³-hybridized carbons (Fsp3) is 0.778. The molecule has 0 aliphatic carbocycles. The van der Waals surface area contributed by atoms with Gasteiger partial charge in [0, 0.05) is 0 Å². The minimum atomic E-state index is -1.12. The zero-order valence-corrected chi connectivity index (χ0v) is 9.11. The van der Waals surface area contributed by atoms with E-state index >= 15 is 0 Å². The minimum Gasteiger partial charge on any atom is -0.444 e. The first-order chi connectivity index (χ1) is 6.80. The topological polar surface area (TPSA) is 95.9 Å². The summed E-state index contributed by atoms with van der Waals surface area (Å²) in [5, 5.41) is 19.5. The molecular formula is C9H17NO5. The Morgan fingerprint density at radius 3 is 2.20 bits per heavy atom. The summed E-state index contributed by atoms with van der Waals surface area (Å²) in [4.78, 5) is 22.1. The van der Waals surface area contributed by atoms with Crippen molar-refractivity contribution in [3.05, 3.63) is 0 Å². The van der Waals surface area contributed by atoms with Gasteiger partial charge in [-0.3, -0.25) is 4.79 Å². The Balaban J connectivity index is 4.20. The lowest BCUT2D eigenvalue weighted by Crippen LogP contribution is -2.46. The van der Waals surface area contributed by atoms with Gasteiger partial charge in [-0.1, -0.05) is 0 Å². The van der Waals surface area contributed by atoms with Crippen molar-refractivity contribution >= 4 is 11.9 Å². The molecule has 0 aromatic heterocycles. The SMILES string of the molecule is CC(C)(C)OC(=O)N[C@@H](CO)C(=O)CO. The molecule has 6 heteroatoms. The number of rotatable bonds is 4. The van der Waals surface area contributed by atoms with Gasteiger partial charge in [0.2, 0.25) is 0 Å². The Kier molecular flexibility index (Phi) is 5.24. The lowest BCUT2D eigenvalue weighted by atomic mass is 10.2. The van der Waals surface area contributed by atoms with Gasteiger partial charge in [0.15, 0.2) is 5.78 Å². The minimum absolute atomic E-state index is 0.571. The van der Waals surface area contributed by atoms with Gasteiger partial charge in [0.25, 0.3) is 0 Å². The monoisotopic (exact) mass is 219 g/mol. The van der Waals surface area contributed by atoms with E-state index < -0.39 is 36.7 Å². The predicted octanol–water partition coefficient (Wildman–Crippen LogP) is -0.567. The van der Waals surface area contributed by atoms with Crippen LogP contribution in [0.5, 0.6) is 0 Å². The number of carbonyl (C=O) groups is 2. The molecule has 6 nitrogen and oxygen atoms in total. The van der Waals surface area contributed by atoms with Crippen LogP contribution >= 0.6 is 0 Å². The van der Waals surface area contributed by atoms with Gasteiger partial charge in [-0.05, 0) is 20.8 Å². The van der Waals surface area contributed by atoms with Crippen LogP contribution in [0.3, 0.4) is 0 Å². The number of ketones is 1. The Hall–Kier alpha value is -1.14. The van der Waals surface area contributed by atoms with Crippen LogP contribution in [0, 0.1) is 0 Å². The third kappa shape index (κ3) is 6.03. The standard InChI is InChI=1S/C9H17NO5/c1-9(2,3)15-8(14)10-6(4-11)7(13)5-12/h6,11-12H,4-5H2,1-3H3,(H,10,14)/t6-/m0/s1. The molecule has 0 bridgehead atoms. The molecule has 0 unspecified atom stereocenters. The number of aliphatic hydroxyl groups excluding tert-OH is 2. The molecular weight excluding hydrogens is 202 g/mol. The fourth-order valence-electron chi connectivity index (χ4n) is 0.788. The molecule has 0 aliphatic heterocycles. The molecule has 0 aromatic carbocycles. The molecule has 0 saturated carbocycles. The maximum absolute atomic E-state index is 11.2. The van der Waals surface area contributed by atoms with E-state index in [-0.39, 0.29) is 0 Å². The Morgan fingerprint density at radius 2 is 1.87 bits per heavy atom. The second-order valence-electron chi connectivity index (χ2n) is 4.01. The van der Waals surface area contributed by atoms with Gasteiger partial charge < -0.3 is 20.3 Å². The summed E-state index contributed by atoms with van der Waals surface area (Å²) in [7, 11) is 0. The van der Waals surface area contributed by atoms with Crippen LogP contribution in [0.25, 0.3) is 0 Å². The molecule has 1 amide bonds. The molecule has 0 spiro atoms. The molecule has 0 rings (SSSR count). The van der Waals surface area contributed by atoms with Crippen LogP contribution < -0.4 is 5.32 Å². The summed E-state index contributed by atoms with van der Waals surface area (Å²) >= 11 is 0. The van der Waals surface area contributed by atoms with Crippen molar-refractivity contribution in [3.8, 4) is 0 Å². The number of hydrogen-bond acceptors (Lipinski definition) is 5. The number of aliphatic hydroxyl groups is 2. The van der Waals surface area contributed by atoms with Crippen LogP contribution in [-0.4, -0.2) is 46.9 Å². The van der Waals surface area contributed by atoms with E-state index in [9.17, 15) is 9.59 Å². The number of ether oxygens (including phenoxy) is 1. The highest BCUT2D eigenvalue weighted by molar-refractivity contribution is 5.88. The van der Waals surface area contributed by atoms with Crippen molar-refractivity contribution in [2.45, 2.75) is 32.4 Å². The number of alkyl carbamates (subject to hydrolysis) is 1. The third-order valence-electron chi connectivity index (χ3n) is 1.42. The van der Waals surface area contributed by atoms with E-state index in [0.29, 0.717) is 0 Å². The summed E-state index contributed by atoms with van der Waals surface area (Å²) in [5.41, 5.74) is -0.674. The van der Waals surface area contributed by atoms with Gasteiger partial charge in [-0.25, -0.2) is 4.79 Å². The number of Topliss-reactive ketones (excluding diaryl/α,β-unsaturated/α-hetero) is 1. The van der Waals surface area contributed by atoms with Gasteiger partial charge in [-0.15, -0.1) is 0 Å². The average Bonchev–Trinajstić information content (AvgIpc) is 2.10. The van der Waals surface area contributed by atoms with Crippen molar-refractivity contribution in [2.75, 3.05) is 13.2 Å². The summed E-state index contributed by atoms with van der Waals surface area (Å²) in [6.45, 7) is 3.72. The largest absolute Gasteiger partial charge is 0.444 e. The quantitative estimate of drug-likeness (QED) is 0.588. The van der Waals surface area contributed by atoms with Crippen LogP contribution in [0.15, 0.2) is 0 Å². The smallest absolute Gasteiger partial charge is 0.408 e. The second-order valence-corrected chi connectivity index (χ2v) is 4.01. The molecule has 0 heterocycles. The first kappa shape index (κ1) is 13.9. The molecule has 88 valence electrons. The second kappa shape index (κ2) is 5.67. The molecule has 0 radical (unpaired) electrons. The van der Waals surface area contributed by atoms with Crippen molar-refractivity contribution in [1.29, 1.82) is 0 Å². The predicted molar refractivity (Wildman–Crippen MR) is 52.3 cm³/mol. The first-order valence-corrected chi connectivity index (χ1v) is 4.54. The zero-order valence-electron chi connectivity index (χ0n) is 9.11. The molecule has 3 N–H and O–H groups in total. The normalized spacial score (nSPS) is 13.1. The summed E-state index contributed by atoms with van der Waals surface area (Å²) < 4.78 is 4.87. The highest BCUT2D eigenvalue weighted by atomic mass is 16.6. The van der Waals surface area contributed by atoms with Gasteiger partial charge in [0.05, 0.1) is 6.61 Å². The van der Waals surface area contributed by atoms with Crippen molar-refractivity contribution in [2.24, 2.45) is 0 Å². The van der Waals surface area contributed by atoms with Crippen molar-refractivity contribution in [3.63, 3.8) is 0 Å². The molecule has 1 atom stereocenters. The zero-order chi connectivity index (χ0) is 12.1. The maximum Gasteiger partial charge on any atom is 0.408 e. The van der Waals surface area contributed by atoms with E-state index in [4.69, 9.17) is 14.9 Å². The highest BCUT2D eigenvalue weighted by Crippen LogP contribution is 2.06. The lowest BCUT2D eigenvalue weighted by molar-refractivity contribution is -0.124. The van der Waals surface area contributed by atoms with E-state index in [1.807, 2.05) is 0 Å². The Morgan fingerprint density at radius 1 is 1.33 bits per heavy atom. The van der Waals surface area contributed by atoms with Crippen molar-refractivity contribution in [1.82, 2.24) is 5.32 Å². The average molecular weight is 219 g/mol. The Labute approximate surface area is 88.2 Å². The number of nitrogens with one attached hydrogen (secondary N) is 1. The molecule has 0 aromatic rings. The highest BCUT2D eigenvalue weighted by Gasteiger charge is 2.22. The van der Waals surface area contributed by atoms with Gasteiger partial charge in [0.1, 0.15) is 18.2 Å². The Bertz CT molecular complexity index is 233.